The summed E-state index contributed by atoms with van der Waals surface area (Å²) >= 11 is 0. The van der Waals surface area contributed by atoms with E-state index in [1.807, 2.05) is 13.8 Å². The van der Waals surface area contributed by atoms with E-state index in [-0.39, 0.29) is 35.7 Å². The second-order valence-corrected chi connectivity index (χ2v) is 9.40. The lowest BCUT2D eigenvalue weighted by Crippen LogP contribution is -2.28. The van der Waals surface area contributed by atoms with Crippen LogP contribution >= 0.6 is 0 Å². The number of carbonyl (C=O) groups excluding carboxylic acids is 1. The Labute approximate surface area is 158 Å². The summed E-state index contributed by atoms with van der Waals surface area (Å²) in [6, 6.07) is 6.10. The molecule has 0 aliphatic carbocycles. The maximum absolute atomic E-state index is 13.8. The van der Waals surface area contributed by atoms with Gasteiger partial charge < -0.3 is 4.90 Å². The van der Waals surface area contributed by atoms with Gasteiger partial charge >= 0.3 is 0 Å². The zero-order valence-electron chi connectivity index (χ0n) is 15.8. The van der Waals surface area contributed by atoms with E-state index in [1.54, 1.807) is 34.8 Å². The van der Waals surface area contributed by atoms with Crippen LogP contribution in [0, 0.1) is 19.7 Å². The van der Waals surface area contributed by atoms with Crippen LogP contribution in [0.15, 0.2) is 24.3 Å². The number of rotatable bonds is 5. The van der Waals surface area contributed by atoms with Gasteiger partial charge in [0.2, 0.25) is 5.91 Å². The third-order valence-electron chi connectivity index (χ3n) is 5.15. The van der Waals surface area contributed by atoms with E-state index in [9.17, 15) is 17.6 Å². The maximum Gasteiger partial charge on any atom is 0.227 e. The van der Waals surface area contributed by atoms with Crippen LogP contribution < -0.4 is 0 Å². The first-order valence-electron chi connectivity index (χ1n) is 8.90. The lowest BCUT2D eigenvalue weighted by molar-refractivity contribution is -0.129. The topological polar surface area (TPSA) is 72.3 Å². The molecule has 1 saturated heterocycles. The van der Waals surface area contributed by atoms with Crippen molar-refractivity contribution in [1.82, 2.24) is 14.7 Å². The molecule has 1 aliphatic rings. The minimum Gasteiger partial charge on any atom is -0.341 e. The van der Waals surface area contributed by atoms with Gasteiger partial charge in [0.25, 0.3) is 0 Å². The number of likely N-dealkylation sites (N-methyl/N-ethyl adjacent to an activating group) is 1. The molecule has 27 heavy (non-hydrogen) atoms. The summed E-state index contributed by atoms with van der Waals surface area (Å²) in [7, 11) is -1.32. The maximum atomic E-state index is 13.8. The first kappa shape index (κ1) is 19.5. The highest BCUT2D eigenvalue weighted by Gasteiger charge is 2.31. The van der Waals surface area contributed by atoms with Gasteiger partial charge in [-0.15, -0.1) is 0 Å². The molecule has 0 radical (unpaired) electrons. The molecule has 2 heterocycles. The molecule has 1 atom stereocenters. The summed E-state index contributed by atoms with van der Waals surface area (Å²) < 4.78 is 39.1. The molecular weight excluding hydrogens is 369 g/mol. The number of aryl methyl sites for hydroxylation is 1. The molecule has 8 heteroatoms. The molecule has 0 bridgehead atoms. The van der Waals surface area contributed by atoms with Crippen LogP contribution in [-0.2, 0) is 27.6 Å². The smallest absolute Gasteiger partial charge is 0.227 e. The van der Waals surface area contributed by atoms with Crippen LogP contribution in [0.1, 0.15) is 35.0 Å². The molecule has 146 valence electrons. The third kappa shape index (κ3) is 4.21. The molecule has 1 aliphatic heterocycles. The fraction of sp³-hybridized carbons (Fsp3) is 0.474. The molecule has 0 saturated carbocycles. The molecule has 1 aromatic heterocycles. The molecule has 2 aromatic rings. The number of aromatic nitrogens is 2. The summed E-state index contributed by atoms with van der Waals surface area (Å²) in [6.07, 6.45) is 0.558. The summed E-state index contributed by atoms with van der Waals surface area (Å²) in [4.78, 5) is 14.0. The number of halogens is 1. The van der Waals surface area contributed by atoms with Crippen molar-refractivity contribution >= 4 is 15.7 Å². The quantitative estimate of drug-likeness (QED) is 0.781. The Morgan fingerprint density at radius 3 is 2.67 bits per heavy atom. The first-order valence-corrected chi connectivity index (χ1v) is 10.7. The van der Waals surface area contributed by atoms with Gasteiger partial charge in [0.15, 0.2) is 9.84 Å². The minimum absolute atomic E-state index is 0.00370. The Hall–Kier alpha value is -2.22. The Morgan fingerprint density at radius 1 is 1.33 bits per heavy atom. The van der Waals surface area contributed by atoms with Gasteiger partial charge in [-0.05, 0) is 31.9 Å². The van der Waals surface area contributed by atoms with Crippen molar-refractivity contribution in [1.29, 1.82) is 0 Å². The second-order valence-electron chi connectivity index (χ2n) is 7.17. The Balaban J connectivity index is 1.73. The molecule has 0 spiro atoms. The summed E-state index contributed by atoms with van der Waals surface area (Å²) in [5.74, 6) is -0.278. The number of nitrogens with zero attached hydrogens (tertiary/aromatic N) is 3. The van der Waals surface area contributed by atoms with Crippen LogP contribution in [-0.4, -0.2) is 47.6 Å². The summed E-state index contributed by atoms with van der Waals surface area (Å²) in [5, 5.41) is 4.52. The molecule has 6 nitrogen and oxygen atoms in total. The third-order valence-corrected chi connectivity index (χ3v) is 6.90. The zero-order chi connectivity index (χ0) is 19.8. The fourth-order valence-corrected chi connectivity index (χ4v) is 5.21. The summed E-state index contributed by atoms with van der Waals surface area (Å²) in [6.45, 7) is 4.11. The fourth-order valence-electron chi connectivity index (χ4n) is 3.51. The van der Waals surface area contributed by atoms with E-state index in [0.717, 1.165) is 17.0 Å². The van der Waals surface area contributed by atoms with Crippen molar-refractivity contribution in [3.05, 3.63) is 52.6 Å². The molecule has 0 N–H and O–H groups in total. The van der Waals surface area contributed by atoms with Crippen LogP contribution in [0.3, 0.4) is 0 Å². The highest BCUT2D eigenvalue weighted by Crippen LogP contribution is 2.27. The molecule has 0 unspecified atom stereocenters. The number of sulfone groups is 1. The van der Waals surface area contributed by atoms with Crippen LogP contribution in [0.4, 0.5) is 4.39 Å². The van der Waals surface area contributed by atoms with Gasteiger partial charge in [-0.3, -0.25) is 9.48 Å². The molecule has 1 fully saturated rings. The van der Waals surface area contributed by atoms with Gasteiger partial charge in [0.1, 0.15) is 5.82 Å². The number of carbonyl (C=O) groups is 1. The lowest BCUT2D eigenvalue weighted by atomic mass is 10.1. The number of hydrogen-bond acceptors (Lipinski definition) is 4. The average Bonchev–Trinajstić information content (AvgIpc) is 3.10. The number of hydrogen-bond donors (Lipinski definition) is 0. The van der Waals surface area contributed by atoms with Crippen LogP contribution in [0.5, 0.6) is 0 Å². The van der Waals surface area contributed by atoms with Gasteiger partial charge in [-0.2, -0.15) is 5.10 Å². The van der Waals surface area contributed by atoms with Gasteiger partial charge in [-0.25, -0.2) is 12.8 Å². The monoisotopic (exact) mass is 393 g/mol. The second kappa shape index (κ2) is 7.42. The lowest BCUT2D eigenvalue weighted by Gasteiger charge is -2.18. The van der Waals surface area contributed by atoms with E-state index in [0.29, 0.717) is 18.5 Å². The van der Waals surface area contributed by atoms with Gasteiger partial charge in [-0.1, -0.05) is 18.2 Å². The van der Waals surface area contributed by atoms with E-state index < -0.39 is 9.84 Å². The van der Waals surface area contributed by atoms with E-state index in [2.05, 4.69) is 5.10 Å². The van der Waals surface area contributed by atoms with Crippen molar-refractivity contribution in [2.24, 2.45) is 0 Å². The van der Waals surface area contributed by atoms with Gasteiger partial charge in [0, 0.05) is 24.8 Å². The van der Waals surface area contributed by atoms with Gasteiger partial charge in [0.05, 0.1) is 29.7 Å². The van der Waals surface area contributed by atoms with Crippen molar-refractivity contribution in [3.8, 4) is 0 Å². The highest BCUT2D eigenvalue weighted by atomic mass is 32.2. The van der Waals surface area contributed by atoms with Crippen molar-refractivity contribution in [3.63, 3.8) is 0 Å². The standard InChI is InChI=1S/C19H24FN3O3S/c1-13-17(14(2)23(21-13)16-8-9-27(25,26)12-16)11-22(3)19(24)10-15-6-4-5-7-18(15)20/h4-7,16H,8-12H2,1-3H3/t16-/m0/s1. The Kier molecular flexibility index (Phi) is 5.37. The molecule has 3 rings (SSSR count). The van der Waals surface area contributed by atoms with Crippen molar-refractivity contribution in [2.45, 2.75) is 39.3 Å². The predicted octanol–water partition coefficient (Wildman–Crippen LogP) is 2.20. The molecule has 1 amide bonds. The molecule has 1 aromatic carbocycles. The van der Waals surface area contributed by atoms with E-state index >= 15 is 0 Å². The van der Waals surface area contributed by atoms with E-state index in [4.69, 9.17) is 0 Å². The largest absolute Gasteiger partial charge is 0.341 e. The number of benzene rings is 1. The minimum atomic E-state index is -3.00. The predicted molar refractivity (Wildman–Crippen MR) is 101 cm³/mol. The summed E-state index contributed by atoms with van der Waals surface area (Å²) in [5.41, 5.74) is 2.93. The zero-order valence-corrected chi connectivity index (χ0v) is 16.6. The van der Waals surface area contributed by atoms with Crippen LogP contribution in [0.25, 0.3) is 0 Å². The average molecular weight is 393 g/mol. The normalized spacial score (nSPS) is 18.6. The van der Waals surface area contributed by atoms with E-state index in [1.165, 1.54) is 6.07 Å². The SMILES string of the molecule is Cc1nn([C@H]2CCS(=O)(=O)C2)c(C)c1CN(C)C(=O)Cc1ccccc1F. The number of amides is 1. The van der Waals surface area contributed by atoms with Crippen molar-refractivity contribution < 1.29 is 17.6 Å². The van der Waals surface area contributed by atoms with Crippen molar-refractivity contribution in [2.75, 3.05) is 18.6 Å². The molecular formula is C19H24FN3O3S. The first-order chi connectivity index (χ1) is 12.7. The Morgan fingerprint density at radius 2 is 2.04 bits per heavy atom. The Bertz CT molecular complexity index is 969. The van der Waals surface area contributed by atoms with Crippen LogP contribution in [0.2, 0.25) is 0 Å². The highest BCUT2D eigenvalue weighted by molar-refractivity contribution is 7.91.